The summed E-state index contributed by atoms with van der Waals surface area (Å²) in [6.45, 7) is 1.78. The van der Waals surface area contributed by atoms with Crippen LogP contribution in [-0.2, 0) is 0 Å². The zero-order chi connectivity index (χ0) is 11.7. The van der Waals surface area contributed by atoms with Gasteiger partial charge in [-0.25, -0.2) is 8.78 Å². The first kappa shape index (κ1) is 10.8. The number of rotatable bonds is 2. The number of aryl methyl sites for hydroxylation is 1. The van der Waals surface area contributed by atoms with Crippen molar-refractivity contribution in [3.05, 3.63) is 59.1 Å². The first-order valence-corrected chi connectivity index (χ1v) is 4.83. The van der Waals surface area contributed by atoms with Crippen LogP contribution in [0.1, 0.15) is 22.9 Å². The largest absolute Gasteiger partial charge is 0.469 e. The maximum Gasteiger partial charge on any atom is 0.126 e. The monoisotopic (exact) mass is 223 g/mol. The molecule has 2 nitrogen and oxygen atoms in total. The van der Waals surface area contributed by atoms with Crippen LogP contribution in [0.2, 0.25) is 0 Å². The fraction of sp³-hybridized carbons (Fsp3) is 0.167. The lowest BCUT2D eigenvalue weighted by Gasteiger charge is -2.09. The lowest BCUT2D eigenvalue weighted by atomic mass is 10.0. The van der Waals surface area contributed by atoms with Crippen molar-refractivity contribution < 1.29 is 13.2 Å². The van der Waals surface area contributed by atoms with E-state index < -0.39 is 17.7 Å². The van der Waals surface area contributed by atoms with Crippen LogP contribution in [0.15, 0.2) is 34.9 Å². The number of hydrogen-bond acceptors (Lipinski definition) is 2. The highest BCUT2D eigenvalue weighted by Gasteiger charge is 2.13. The van der Waals surface area contributed by atoms with Gasteiger partial charge in [0.05, 0.1) is 12.3 Å². The van der Waals surface area contributed by atoms with Gasteiger partial charge in [0, 0.05) is 11.6 Å². The van der Waals surface area contributed by atoms with E-state index in [1.54, 1.807) is 13.0 Å². The molecule has 2 rings (SSSR count). The van der Waals surface area contributed by atoms with Crippen molar-refractivity contribution in [1.29, 1.82) is 0 Å². The minimum atomic E-state index is -0.634. The zero-order valence-electron chi connectivity index (χ0n) is 8.71. The highest BCUT2D eigenvalue weighted by Crippen LogP contribution is 2.22. The van der Waals surface area contributed by atoms with Gasteiger partial charge in [0.2, 0.25) is 0 Å². The number of furan rings is 1. The fourth-order valence-electron chi connectivity index (χ4n) is 1.57. The smallest absolute Gasteiger partial charge is 0.126 e. The van der Waals surface area contributed by atoms with Gasteiger partial charge in [-0.05, 0) is 30.7 Å². The van der Waals surface area contributed by atoms with Crippen molar-refractivity contribution in [2.24, 2.45) is 5.73 Å². The summed E-state index contributed by atoms with van der Waals surface area (Å²) < 4.78 is 31.1. The maximum absolute atomic E-state index is 13.0. The molecule has 0 saturated carbocycles. The van der Waals surface area contributed by atoms with E-state index in [0.29, 0.717) is 16.9 Å². The van der Waals surface area contributed by atoms with Crippen molar-refractivity contribution >= 4 is 0 Å². The van der Waals surface area contributed by atoms with E-state index in [1.165, 1.54) is 18.4 Å². The average molecular weight is 223 g/mol. The molecule has 0 aliphatic carbocycles. The molecule has 1 aromatic heterocycles. The Kier molecular flexibility index (Phi) is 2.75. The highest BCUT2D eigenvalue weighted by atomic mass is 19.1. The molecule has 0 fully saturated rings. The molecule has 2 aromatic rings. The number of halogens is 2. The van der Waals surface area contributed by atoms with Crippen LogP contribution in [0.3, 0.4) is 0 Å². The van der Waals surface area contributed by atoms with Gasteiger partial charge in [-0.1, -0.05) is 0 Å². The van der Waals surface area contributed by atoms with Gasteiger partial charge in [0.1, 0.15) is 17.4 Å². The second-order valence-electron chi connectivity index (χ2n) is 3.67. The van der Waals surface area contributed by atoms with Gasteiger partial charge >= 0.3 is 0 Å². The minimum absolute atomic E-state index is 0.387. The summed E-state index contributed by atoms with van der Waals surface area (Å²) in [6.07, 6.45) is 1.49. The Balaban J connectivity index is 2.37. The third kappa shape index (κ3) is 2.12. The third-order valence-corrected chi connectivity index (χ3v) is 2.35. The quantitative estimate of drug-likeness (QED) is 0.850. The van der Waals surface area contributed by atoms with Crippen molar-refractivity contribution in [3.8, 4) is 0 Å². The Hall–Kier alpha value is -1.68. The van der Waals surface area contributed by atoms with Crippen LogP contribution >= 0.6 is 0 Å². The fourth-order valence-corrected chi connectivity index (χ4v) is 1.57. The van der Waals surface area contributed by atoms with E-state index in [0.717, 1.165) is 6.07 Å². The first-order valence-electron chi connectivity index (χ1n) is 4.83. The highest BCUT2D eigenvalue weighted by molar-refractivity contribution is 5.30. The van der Waals surface area contributed by atoms with Gasteiger partial charge in [-0.15, -0.1) is 0 Å². The lowest BCUT2D eigenvalue weighted by Crippen LogP contribution is -2.11. The van der Waals surface area contributed by atoms with Crippen LogP contribution < -0.4 is 5.73 Å². The Morgan fingerprint density at radius 2 is 1.69 bits per heavy atom. The van der Waals surface area contributed by atoms with Crippen LogP contribution in [-0.4, -0.2) is 0 Å². The van der Waals surface area contributed by atoms with E-state index in [9.17, 15) is 8.78 Å². The zero-order valence-corrected chi connectivity index (χ0v) is 8.71. The molecule has 1 aromatic carbocycles. The van der Waals surface area contributed by atoms with E-state index in [4.69, 9.17) is 10.2 Å². The van der Waals surface area contributed by atoms with E-state index in [1.807, 2.05) is 0 Å². The SMILES string of the molecule is Cc1cc(C(N)c2cc(F)cc(F)c2)co1. The summed E-state index contributed by atoms with van der Waals surface area (Å²) in [4.78, 5) is 0. The van der Waals surface area contributed by atoms with Crippen molar-refractivity contribution in [1.82, 2.24) is 0 Å². The summed E-state index contributed by atoms with van der Waals surface area (Å²) in [7, 11) is 0. The van der Waals surface area contributed by atoms with Crippen LogP contribution in [0.5, 0.6) is 0 Å². The average Bonchev–Trinajstić information content (AvgIpc) is 2.62. The summed E-state index contributed by atoms with van der Waals surface area (Å²) in [6, 6.07) is 4.42. The molecular weight excluding hydrogens is 212 g/mol. The Morgan fingerprint density at radius 1 is 1.06 bits per heavy atom. The predicted molar refractivity (Wildman–Crippen MR) is 55.8 cm³/mol. The molecule has 1 atom stereocenters. The molecule has 84 valence electrons. The van der Waals surface area contributed by atoms with Gasteiger partial charge in [-0.3, -0.25) is 0 Å². The molecule has 0 spiro atoms. The molecule has 16 heavy (non-hydrogen) atoms. The Bertz CT molecular complexity index is 487. The molecule has 0 amide bonds. The van der Waals surface area contributed by atoms with Gasteiger partial charge < -0.3 is 10.2 Å². The second-order valence-corrected chi connectivity index (χ2v) is 3.67. The normalized spacial score (nSPS) is 12.8. The van der Waals surface area contributed by atoms with Gasteiger partial charge in [-0.2, -0.15) is 0 Å². The van der Waals surface area contributed by atoms with E-state index in [-0.39, 0.29) is 0 Å². The van der Waals surface area contributed by atoms with Gasteiger partial charge in [0.25, 0.3) is 0 Å². The lowest BCUT2D eigenvalue weighted by molar-refractivity contribution is 0.530. The van der Waals surface area contributed by atoms with E-state index >= 15 is 0 Å². The number of benzene rings is 1. The summed E-state index contributed by atoms with van der Waals surface area (Å²) in [5.74, 6) is -0.557. The Labute approximate surface area is 91.7 Å². The molecule has 0 bridgehead atoms. The molecule has 2 N–H and O–H groups in total. The number of hydrogen-bond donors (Lipinski definition) is 1. The minimum Gasteiger partial charge on any atom is -0.469 e. The topological polar surface area (TPSA) is 39.2 Å². The standard InChI is InChI=1S/C12H11F2NO/c1-7-2-9(6-16-7)12(15)8-3-10(13)5-11(14)4-8/h2-6,12H,15H2,1H3. The number of nitrogens with two attached hydrogens (primary N) is 1. The van der Waals surface area contributed by atoms with Crippen LogP contribution in [0.4, 0.5) is 8.78 Å². The van der Waals surface area contributed by atoms with E-state index in [2.05, 4.69) is 0 Å². The van der Waals surface area contributed by atoms with Crippen molar-refractivity contribution in [3.63, 3.8) is 0 Å². The molecule has 4 heteroatoms. The molecule has 0 saturated heterocycles. The molecule has 0 aliphatic rings. The summed E-state index contributed by atoms with van der Waals surface area (Å²) in [5.41, 5.74) is 6.96. The van der Waals surface area contributed by atoms with Gasteiger partial charge in [0.15, 0.2) is 0 Å². The van der Waals surface area contributed by atoms with Crippen LogP contribution in [0.25, 0.3) is 0 Å². The Morgan fingerprint density at radius 3 is 2.19 bits per heavy atom. The molecular formula is C12H11F2NO. The molecule has 1 heterocycles. The van der Waals surface area contributed by atoms with Crippen LogP contribution in [0, 0.1) is 18.6 Å². The molecule has 0 radical (unpaired) electrons. The van der Waals surface area contributed by atoms with Crippen molar-refractivity contribution in [2.75, 3.05) is 0 Å². The summed E-state index contributed by atoms with van der Waals surface area (Å²) >= 11 is 0. The second kappa shape index (κ2) is 4.06. The summed E-state index contributed by atoms with van der Waals surface area (Å²) in [5, 5.41) is 0. The predicted octanol–water partition coefficient (Wildman–Crippen LogP) is 2.91. The first-order chi connectivity index (χ1) is 7.56. The molecule has 1 unspecified atom stereocenters. The maximum atomic E-state index is 13.0. The third-order valence-electron chi connectivity index (χ3n) is 2.35. The molecule has 0 aliphatic heterocycles. The van der Waals surface area contributed by atoms with Crippen molar-refractivity contribution in [2.45, 2.75) is 13.0 Å².